The number of benzene rings is 1. The molecule has 1 fully saturated rings. The van der Waals surface area contributed by atoms with Crippen molar-refractivity contribution in [3.8, 4) is 0 Å². The number of methoxy groups -OCH3 is 1. The number of likely N-dealkylation sites (N-methyl/N-ethyl adjacent to an activating group) is 1. The number of anilines is 1. The first kappa shape index (κ1) is 12.4. The third kappa shape index (κ3) is 2.45. The standard InChI is InChI=1S/C12H15BrN2O2/c1-14-7-11(8-17-2)15(12(14)16)10-5-3-9(13)4-6-10/h3-6,11H,7-8H2,1-2H3/t11-/m1/s1. The molecule has 1 saturated heterocycles. The SMILES string of the molecule is COC[C@H]1CN(C)C(=O)N1c1ccc(Br)cc1. The Morgan fingerprint density at radius 1 is 1.41 bits per heavy atom. The van der Waals surface area contributed by atoms with Crippen LogP contribution in [-0.2, 0) is 4.74 Å². The number of rotatable bonds is 3. The van der Waals surface area contributed by atoms with Crippen LogP contribution in [0.25, 0.3) is 0 Å². The number of hydrogen-bond acceptors (Lipinski definition) is 2. The Kier molecular flexibility index (Phi) is 3.69. The molecule has 1 aromatic carbocycles. The number of carbonyl (C=O) groups is 1. The molecule has 5 heteroatoms. The molecule has 0 bridgehead atoms. The van der Waals surface area contributed by atoms with Crippen LogP contribution in [0.15, 0.2) is 28.7 Å². The zero-order chi connectivity index (χ0) is 12.4. The van der Waals surface area contributed by atoms with E-state index in [2.05, 4.69) is 15.9 Å². The molecule has 2 amide bonds. The van der Waals surface area contributed by atoms with Gasteiger partial charge in [-0.3, -0.25) is 4.90 Å². The number of ether oxygens (including phenoxy) is 1. The third-order valence-corrected chi connectivity index (χ3v) is 3.37. The Hall–Kier alpha value is -1.07. The zero-order valence-electron chi connectivity index (χ0n) is 9.89. The second-order valence-electron chi connectivity index (χ2n) is 4.12. The molecule has 0 unspecified atom stereocenters. The normalized spacial score (nSPS) is 20.2. The fraction of sp³-hybridized carbons (Fsp3) is 0.417. The minimum Gasteiger partial charge on any atom is -0.382 e. The summed E-state index contributed by atoms with van der Waals surface area (Å²) < 4.78 is 6.17. The van der Waals surface area contributed by atoms with Crippen LogP contribution in [0.1, 0.15) is 0 Å². The lowest BCUT2D eigenvalue weighted by atomic mass is 10.2. The highest BCUT2D eigenvalue weighted by atomic mass is 79.9. The topological polar surface area (TPSA) is 32.8 Å². The Balaban J connectivity index is 2.27. The summed E-state index contributed by atoms with van der Waals surface area (Å²) in [6.45, 7) is 1.24. The van der Waals surface area contributed by atoms with E-state index in [9.17, 15) is 4.79 Å². The van der Waals surface area contributed by atoms with E-state index in [1.54, 1.807) is 16.9 Å². The molecule has 0 N–H and O–H groups in total. The smallest absolute Gasteiger partial charge is 0.324 e. The van der Waals surface area contributed by atoms with Crippen molar-refractivity contribution in [2.45, 2.75) is 6.04 Å². The summed E-state index contributed by atoms with van der Waals surface area (Å²) in [5, 5.41) is 0. The van der Waals surface area contributed by atoms with Crippen molar-refractivity contribution in [3.05, 3.63) is 28.7 Å². The molecule has 0 aliphatic carbocycles. The number of halogens is 1. The summed E-state index contributed by atoms with van der Waals surface area (Å²) in [5.74, 6) is 0. The molecule has 1 aliphatic rings. The number of urea groups is 1. The van der Waals surface area contributed by atoms with Crippen molar-refractivity contribution in [1.29, 1.82) is 0 Å². The van der Waals surface area contributed by atoms with E-state index in [-0.39, 0.29) is 12.1 Å². The predicted molar refractivity (Wildman–Crippen MR) is 70.3 cm³/mol. The predicted octanol–water partition coefficient (Wildman–Crippen LogP) is 2.34. The van der Waals surface area contributed by atoms with Gasteiger partial charge in [-0.15, -0.1) is 0 Å². The van der Waals surface area contributed by atoms with Crippen LogP contribution in [-0.4, -0.2) is 44.3 Å². The zero-order valence-corrected chi connectivity index (χ0v) is 11.5. The number of nitrogens with zero attached hydrogens (tertiary/aromatic N) is 2. The molecule has 0 aromatic heterocycles. The highest BCUT2D eigenvalue weighted by molar-refractivity contribution is 9.10. The average molecular weight is 299 g/mol. The summed E-state index contributed by atoms with van der Waals surface area (Å²) in [6.07, 6.45) is 0. The van der Waals surface area contributed by atoms with Gasteiger partial charge in [-0.05, 0) is 24.3 Å². The summed E-state index contributed by atoms with van der Waals surface area (Å²) in [7, 11) is 3.46. The second-order valence-corrected chi connectivity index (χ2v) is 5.03. The molecule has 0 radical (unpaired) electrons. The van der Waals surface area contributed by atoms with Crippen molar-refractivity contribution in [2.75, 3.05) is 32.2 Å². The molecule has 1 heterocycles. The van der Waals surface area contributed by atoms with Gasteiger partial charge in [-0.1, -0.05) is 15.9 Å². The van der Waals surface area contributed by atoms with Gasteiger partial charge in [0.1, 0.15) is 0 Å². The summed E-state index contributed by atoms with van der Waals surface area (Å²) in [4.78, 5) is 15.6. The third-order valence-electron chi connectivity index (χ3n) is 2.85. The lowest BCUT2D eigenvalue weighted by molar-refractivity contribution is 0.180. The molecule has 4 nitrogen and oxygen atoms in total. The Morgan fingerprint density at radius 3 is 2.65 bits per heavy atom. The Labute approximate surface area is 109 Å². The van der Waals surface area contributed by atoms with Crippen LogP contribution in [0, 0.1) is 0 Å². The van der Waals surface area contributed by atoms with E-state index >= 15 is 0 Å². The minimum absolute atomic E-state index is 0.0226. The number of amides is 2. The molecule has 1 aliphatic heterocycles. The molecule has 0 saturated carbocycles. The molecule has 92 valence electrons. The van der Waals surface area contributed by atoms with Crippen LogP contribution < -0.4 is 4.90 Å². The summed E-state index contributed by atoms with van der Waals surface area (Å²) in [5.41, 5.74) is 0.907. The minimum atomic E-state index is 0.0226. The van der Waals surface area contributed by atoms with Crippen molar-refractivity contribution in [1.82, 2.24) is 4.90 Å². The van der Waals surface area contributed by atoms with Crippen LogP contribution in [0.5, 0.6) is 0 Å². The van der Waals surface area contributed by atoms with Crippen molar-refractivity contribution < 1.29 is 9.53 Å². The molecule has 2 rings (SSSR count). The largest absolute Gasteiger partial charge is 0.382 e. The van der Waals surface area contributed by atoms with Gasteiger partial charge in [0.15, 0.2) is 0 Å². The Morgan fingerprint density at radius 2 is 2.06 bits per heavy atom. The van der Waals surface area contributed by atoms with Gasteiger partial charge < -0.3 is 9.64 Å². The second kappa shape index (κ2) is 5.06. The maximum atomic E-state index is 12.1. The highest BCUT2D eigenvalue weighted by Gasteiger charge is 2.35. The monoisotopic (exact) mass is 298 g/mol. The highest BCUT2D eigenvalue weighted by Crippen LogP contribution is 2.25. The maximum Gasteiger partial charge on any atom is 0.324 e. The van der Waals surface area contributed by atoms with E-state index < -0.39 is 0 Å². The molecule has 0 spiro atoms. The van der Waals surface area contributed by atoms with E-state index in [1.165, 1.54) is 0 Å². The fourth-order valence-electron chi connectivity index (χ4n) is 2.06. The number of hydrogen-bond donors (Lipinski definition) is 0. The lowest BCUT2D eigenvalue weighted by Gasteiger charge is -2.22. The van der Waals surface area contributed by atoms with E-state index in [0.717, 1.165) is 10.2 Å². The van der Waals surface area contributed by atoms with Gasteiger partial charge in [0.05, 0.1) is 12.6 Å². The van der Waals surface area contributed by atoms with Gasteiger partial charge in [0, 0.05) is 30.9 Å². The van der Waals surface area contributed by atoms with E-state index in [4.69, 9.17) is 4.74 Å². The van der Waals surface area contributed by atoms with Crippen molar-refractivity contribution in [2.24, 2.45) is 0 Å². The molecular weight excluding hydrogens is 284 g/mol. The van der Waals surface area contributed by atoms with Crippen LogP contribution >= 0.6 is 15.9 Å². The number of carbonyl (C=O) groups excluding carboxylic acids is 1. The van der Waals surface area contributed by atoms with Crippen LogP contribution in [0.4, 0.5) is 10.5 Å². The maximum absolute atomic E-state index is 12.1. The van der Waals surface area contributed by atoms with Gasteiger partial charge >= 0.3 is 6.03 Å². The first-order valence-electron chi connectivity index (χ1n) is 5.42. The summed E-state index contributed by atoms with van der Waals surface area (Å²) >= 11 is 3.39. The van der Waals surface area contributed by atoms with E-state index in [0.29, 0.717) is 13.2 Å². The van der Waals surface area contributed by atoms with Crippen molar-refractivity contribution in [3.63, 3.8) is 0 Å². The summed E-state index contributed by atoms with van der Waals surface area (Å²) in [6, 6.07) is 7.84. The Bertz CT molecular complexity index is 407. The molecular formula is C12H15BrN2O2. The van der Waals surface area contributed by atoms with Crippen LogP contribution in [0.2, 0.25) is 0 Å². The van der Waals surface area contributed by atoms with Crippen molar-refractivity contribution >= 4 is 27.6 Å². The van der Waals surface area contributed by atoms with Crippen LogP contribution in [0.3, 0.4) is 0 Å². The first-order chi connectivity index (χ1) is 8.13. The molecule has 1 atom stereocenters. The average Bonchev–Trinajstić information content (AvgIpc) is 2.57. The molecule has 17 heavy (non-hydrogen) atoms. The van der Waals surface area contributed by atoms with Gasteiger partial charge in [0.25, 0.3) is 0 Å². The van der Waals surface area contributed by atoms with Gasteiger partial charge in [0.2, 0.25) is 0 Å². The fourth-order valence-corrected chi connectivity index (χ4v) is 2.32. The van der Waals surface area contributed by atoms with Gasteiger partial charge in [-0.25, -0.2) is 4.79 Å². The lowest BCUT2D eigenvalue weighted by Crippen LogP contribution is -2.37. The first-order valence-corrected chi connectivity index (χ1v) is 6.21. The quantitative estimate of drug-likeness (QED) is 0.858. The molecule has 1 aromatic rings. The van der Waals surface area contributed by atoms with Gasteiger partial charge in [-0.2, -0.15) is 0 Å². The van der Waals surface area contributed by atoms with E-state index in [1.807, 2.05) is 31.3 Å².